The number of benzene rings is 3. The average molecular weight is 921 g/mol. The van der Waals surface area contributed by atoms with E-state index in [-0.39, 0.29) is 27.2 Å². The highest BCUT2D eigenvalue weighted by Gasteiger charge is 2.50. The summed E-state index contributed by atoms with van der Waals surface area (Å²) in [5.41, 5.74) is 6.43. The number of aryl methyl sites for hydroxylation is 2. The highest BCUT2D eigenvalue weighted by Crippen LogP contribution is 2.53. The van der Waals surface area contributed by atoms with Gasteiger partial charge in [-0.1, -0.05) is 94.9 Å². The lowest BCUT2D eigenvalue weighted by Gasteiger charge is -2.44. The van der Waals surface area contributed by atoms with E-state index in [9.17, 15) is 13.0 Å². The standard InChI is InChI=1S/C29H34Cl2N4O2S.C13H12Cl2N2O3S/c1-18-23(21-11-8-12-22(30)24(21)31)26(37-5)33-27(32-18)35-15-13-29(14-16-35)17-19-9-6-7-10-20(19)25(29)34-38(36)28(2,3)4;1-7-10(8-5-4-6-9(14)11(8)15)12(20-2)17-13(16-7)21(3,18)19/h6-12,25,34H,13-17H2,1-5H3;4-6H,1-3H3/t25-,38?;/m1./s1. The summed E-state index contributed by atoms with van der Waals surface area (Å²) in [4.78, 5) is 19.9. The van der Waals surface area contributed by atoms with E-state index in [0.29, 0.717) is 48.7 Å². The molecule has 1 spiro atoms. The molecule has 2 aromatic heterocycles. The summed E-state index contributed by atoms with van der Waals surface area (Å²) in [6.07, 6.45) is 3.89. The van der Waals surface area contributed by atoms with Crippen molar-refractivity contribution in [1.29, 1.82) is 0 Å². The molecule has 1 aliphatic carbocycles. The van der Waals surface area contributed by atoms with Gasteiger partial charge in [-0.05, 0) is 77.1 Å². The maximum Gasteiger partial charge on any atom is 0.250 e. The van der Waals surface area contributed by atoms with Crippen molar-refractivity contribution in [3.05, 3.63) is 103 Å². The largest absolute Gasteiger partial charge is 0.598 e. The number of nitrogens with one attached hydrogen (secondary N) is 1. The second kappa shape index (κ2) is 17.9. The van der Waals surface area contributed by atoms with Gasteiger partial charge in [0.2, 0.25) is 32.7 Å². The molecule has 1 fully saturated rings. The Morgan fingerprint density at radius 2 is 1.32 bits per heavy atom. The summed E-state index contributed by atoms with van der Waals surface area (Å²) < 4.78 is 50.5. The van der Waals surface area contributed by atoms with Crippen LogP contribution in [0.1, 0.15) is 62.2 Å². The predicted octanol–water partition coefficient (Wildman–Crippen LogP) is 9.87. The molecule has 3 heterocycles. The minimum absolute atomic E-state index is 0.00547. The van der Waals surface area contributed by atoms with Gasteiger partial charge in [-0.2, -0.15) is 9.97 Å². The number of ether oxygens (including phenoxy) is 2. The normalized spacial score (nSPS) is 16.6. The van der Waals surface area contributed by atoms with Gasteiger partial charge in [-0.15, -0.1) is 4.72 Å². The van der Waals surface area contributed by atoms with E-state index in [0.717, 1.165) is 55.4 Å². The number of hydrogen-bond donors (Lipinski definition) is 1. The molecule has 3 aromatic carbocycles. The van der Waals surface area contributed by atoms with E-state index < -0.39 is 21.2 Å². The molecule has 17 heteroatoms. The Kier molecular flexibility index (Phi) is 13.7. The molecule has 0 bridgehead atoms. The Hall–Kier alpha value is -3.40. The van der Waals surface area contributed by atoms with E-state index in [1.54, 1.807) is 38.3 Å². The molecule has 314 valence electrons. The van der Waals surface area contributed by atoms with Gasteiger partial charge >= 0.3 is 0 Å². The number of halogens is 4. The molecular weight excluding hydrogens is 874 g/mol. The number of hydrogen-bond acceptors (Lipinski definition) is 11. The lowest BCUT2D eigenvalue weighted by atomic mass is 9.73. The molecule has 5 aromatic rings. The van der Waals surface area contributed by atoms with Crippen LogP contribution in [0.4, 0.5) is 5.95 Å². The Labute approximate surface area is 369 Å². The molecule has 0 saturated carbocycles. The molecule has 0 amide bonds. The number of sulfone groups is 1. The van der Waals surface area contributed by atoms with Crippen LogP contribution >= 0.6 is 46.4 Å². The SMILES string of the molecule is COc1nc(N2CCC3(CC2)Cc2ccccc2[C@H]3N[S+]([O-])C(C)(C)C)nc(C)c1-c1cccc(Cl)c1Cl.COc1nc(S(C)(=O)=O)nc(C)c1-c1cccc(Cl)c1Cl. The van der Waals surface area contributed by atoms with E-state index in [1.165, 1.54) is 18.2 Å². The zero-order valence-corrected chi connectivity index (χ0v) is 38.6. The summed E-state index contributed by atoms with van der Waals surface area (Å²) in [7, 11) is -0.527. The number of methoxy groups -OCH3 is 2. The maximum absolute atomic E-state index is 13.2. The molecule has 1 unspecified atom stereocenters. The van der Waals surface area contributed by atoms with Crippen molar-refractivity contribution in [2.75, 3.05) is 38.5 Å². The molecule has 1 aliphatic heterocycles. The lowest BCUT2D eigenvalue weighted by Crippen LogP contribution is -2.50. The minimum atomic E-state index is -3.54. The van der Waals surface area contributed by atoms with E-state index in [2.05, 4.69) is 43.9 Å². The minimum Gasteiger partial charge on any atom is -0.598 e. The van der Waals surface area contributed by atoms with E-state index in [1.807, 2.05) is 39.8 Å². The second-order valence-corrected chi connectivity index (χ2v) is 21.1. The van der Waals surface area contributed by atoms with Crippen LogP contribution in [0.25, 0.3) is 22.3 Å². The Morgan fingerprint density at radius 3 is 1.85 bits per heavy atom. The molecular formula is C42H46Cl4N6O5S2. The van der Waals surface area contributed by atoms with Crippen LogP contribution in [0.2, 0.25) is 20.1 Å². The monoisotopic (exact) mass is 918 g/mol. The van der Waals surface area contributed by atoms with E-state index >= 15 is 0 Å². The first kappa shape index (κ1) is 45.1. The molecule has 1 saturated heterocycles. The van der Waals surface area contributed by atoms with Crippen molar-refractivity contribution in [2.45, 2.75) is 69.8 Å². The van der Waals surface area contributed by atoms with E-state index in [4.69, 9.17) is 65.8 Å². The third kappa shape index (κ3) is 9.43. The maximum atomic E-state index is 13.2. The zero-order valence-electron chi connectivity index (χ0n) is 34.0. The number of nitrogens with zero attached hydrogens (tertiary/aromatic N) is 5. The van der Waals surface area contributed by atoms with Crippen LogP contribution < -0.4 is 19.1 Å². The first-order valence-electron chi connectivity index (χ1n) is 18.7. The van der Waals surface area contributed by atoms with Crippen molar-refractivity contribution in [2.24, 2.45) is 5.41 Å². The first-order valence-corrected chi connectivity index (χ1v) is 23.3. The Bertz CT molecular complexity index is 2480. The Morgan fingerprint density at radius 1 is 0.797 bits per heavy atom. The third-order valence-electron chi connectivity index (χ3n) is 10.6. The van der Waals surface area contributed by atoms with Crippen LogP contribution in [0, 0.1) is 19.3 Å². The first-order chi connectivity index (χ1) is 27.8. The van der Waals surface area contributed by atoms with Crippen molar-refractivity contribution < 1.29 is 22.4 Å². The van der Waals surface area contributed by atoms with Gasteiger partial charge in [0, 0.05) is 47.2 Å². The summed E-state index contributed by atoms with van der Waals surface area (Å²) in [6.45, 7) is 11.2. The molecule has 59 heavy (non-hydrogen) atoms. The van der Waals surface area contributed by atoms with Crippen LogP contribution in [-0.4, -0.2) is 71.2 Å². The predicted molar refractivity (Wildman–Crippen MR) is 238 cm³/mol. The molecule has 2 atom stereocenters. The highest BCUT2D eigenvalue weighted by molar-refractivity contribution is 7.91. The summed E-state index contributed by atoms with van der Waals surface area (Å²) in [5.74, 6) is 1.26. The zero-order chi connectivity index (χ0) is 43.0. The Balaban J connectivity index is 0.000000236. The van der Waals surface area contributed by atoms with Crippen molar-refractivity contribution in [3.63, 3.8) is 0 Å². The van der Waals surface area contributed by atoms with Crippen LogP contribution in [0.15, 0.2) is 65.8 Å². The molecule has 2 aliphatic rings. The highest BCUT2D eigenvalue weighted by atomic mass is 35.5. The number of aromatic nitrogens is 4. The summed E-state index contributed by atoms with van der Waals surface area (Å²) >= 11 is 23.8. The van der Waals surface area contributed by atoms with Crippen LogP contribution in [0.5, 0.6) is 11.8 Å². The van der Waals surface area contributed by atoms with Crippen molar-refractivity contribution in [3.8, 4) is 34.0 Å². The van der Waals surface area contributed by atoms with Gasteiger partial charge in [0.15, 0.2) is 0 Å². The van der Waals surface area contributed by atoms with Crippen molar-refractivity contribution in [1.82, 2.24) is 24.7 Å². The fourth-order valence-electron chi connectivity index (χ4n) is 7.55. The fraction of sp³-hybridized carbons (Fsp3) is 0.381. The second-order valence-electron chi connectivity index (χ2n) is 15.6. The van der Waals surface area contributed by atoms with Gasteiger partial charge in [-0.3, -0.25) is 0 Å². The molecule has 0 radical (unpaired) electrons. The van der Waals surface area contributed by atoms with Gasteiger partial charge in [0.05, 0.1) is 62.9 Å². The summed E-state index contributed by atoms with van der Waals surface area (Å²) in [6, 6.07) is 19.3. The topological polar surface area (TPSA) is 142 Å². The average Bonchev–Trinajstić information content (AvgIpc) is 3.48. The van der Waals surface area contributed by atoms with Gasteiger partial charge < -0.3 is 18.9 Å². The molecule has 11 nitrogen and oxygen atoms in total. The van der Waals surface area contributed by atoms with Gasteiger partial charge in [0.1, 0.15) is 4.75 Å². The van der Waals surface area contributed by atoms with Gasteiger partial charge in [0.25, 0.3) is 0 Å². The van der Waals surface area contributed by atoms with Crippen LogP contribution in [-0.2, 0) is 27.6 Å². The molecule has 1 N–H and O–H groups in total. The fourth-order valence-corrected chi connectivity index (χ4v) is 9.83. The number of rotatable bonds is 8. The molecule has 7 rings (SSSR count). The summed E-state index contributed by atoms with van der Waals surface area (Å²) in [5, 5.41) is 1.35. The van der Waals surface area contributed by atoms with Gasteiger partial charge in [-0.25, -0.2) is 18.4 Å². The number of fused-ring (bicyclic) bond motifs is 1. The van der Waals surface area contributed by atoms with Crippen molar-refractivity contribution >= 4 is 73.6 Å². The number of anilines is 1. The third-order valence-corrected chi connectivity index (χ3v) is 14.6. The van der Waals surface area contributed by atoms with Crippen LogP contribution in [0.3, 0.4) is 0 Å². The number of piperidine rings is 1. The smallest absolute Gasteiger partial charge is 0.250 e. The quantitative estimate of drug-likeness (QED) is 0.117. The lowest BCUT2D eigenvalue weighted by molar-refractivity contribution is 0.175.